The minimum atomic E-state index is 0.328. The number of carbonyl (C=O) groups excluding carboxylic acids is 1. The lowest BCUT2D eigenvalue weighted by Gasteiger charge is -2.38. The molecule has 2 bridgehead atoms. The number of rotatable bonds is 0. The molecular weight excluding hydrogens is 136 g/mol. The van der Waals surface area contributed by atoms with Gasteiger partial charge in [0.1, 0.15) is 5.78 Å². The maximum Gasteiger partial charge on any atom is 0.136 e. The zero-order valence-electron chi connectivity index (χ0n) is 7.61. The van der Waals surface area contributed by atoms with Crippen molar-refractivity contribution < 1.29 is 4.79 Å². The second-order valence-corrected chi connectivity index (χ2v) is 5.19. The van der Waals surface area contributed by atoms with Gasteiger partial charge in [-0.25, -0.2) is 0 Å². The van der Waals surface area contributed by atoms with E-state index in [0.717, 1.165) is 19.3 Å². The van der Waals surface area contributed by atoms with Crippen LogP contribution < -0.4 is 0 Å². The summed E-state index contributed by atoms with van der Waals surface area (Å²) >= 11 is 0. The Hall–Kier alpha value is -0.330. The fourth-order valence-corrected chi connectivity index (χ4v) is 2.82. The van der Waals surface area contributed by atoms with Crippen molar-refractivity contribution in [3.63, 3.8) is 0 Å². The highest BCUT2D eigenvalue weighted by atomic mass is 16.1. The molecule has 0 aromatic rings. The normalized spacial score (nSPS) is 46.8. The molecule has 2 rings (SSSR count). The third-order valence-corrected chi connectivity index (χ3v) is 4.11. The fraction of sp³-hybridized carbons (Fsp3) is 0.900. The van der Waals surface area contributed by atoms with Gasteiger partial charge in [0.05, 0.1) is 0 Å². The Balaban J connectivity index is 2.36. The van der Waals surface area contributed by atoms with Crippen molar-refractivity contribution in [1.82, 2.24) is 0 Å². The summed E-state index contributed by atoms with van der Waals surface area (Å²) < 4.78 is 0. The van der Waals surface area contributed by atoms with Crippen LogP contribution in [-0.2, 0) is 4.79 Å². The summed E-state index contributed by atoms with van der Waals surface area (Å²) in [5.74, 6) is 0.932. The third kappa shape index (κ3) is 0.743. The minimum Gasteiger partial charge on any atom is -0.299 e. The number of hydrogen-bond acceptors (Lipinski definition) is 1. The zero-order valence-corrected chi connectivity index (χ0v) is 7.61. The van der Waals surface area contributed by atoms with E-state index < -0.39 is 0 Å². The lowest BCUT2D eigenvalue weighted by Crippen LogP contribution is -2.32. The zero-order chi connectivity index (χ0) is 8.28. The third-order valence-electron chi connectivity index (χ3n) is 4.11. The van der Waals surface area contributed by atoms with E-state index in [1.165, 1.54) is 0 Å². The SMILES string of the molecule is CC1(C)CC2CC1(C)CC2=O. The van der Waals surface area contributed by atoms with E-state index in [1.807, 2.05) is 0 Å². The largest absolute Gasteiger partial charge is 0.299 e. The van der Waals surface area contributed by atoms with Gasteiger partial charge in [-0.15, -0.1) is 0 Å². The average Bonchev–Trinajstić information content (AvgIpc) is 2.16. The quantitative estimate of drug-likeness (QED) is 0.521. The molecular formula is C10H16O. The van der Waals surface area contributed by atoms with E-state index in [2.05, 4.69) is 20.8 Å². The van der Waals surface area contributed by atoms with Crippen molar-refractivity contribution in [2.24, 2.45) is 16.7 Å². The first-order valence-electron chi connectivity index (χ1n) is 4.47. The summed E-state index contributed by atoms with van der Waals surface area (Å²) in [5, 5.41) is 0. The lowest BCUT2D eigenvalue weighted by atomic mass is 9.66. The number of fused-ring (bicyclic) bond motifs is 2. The van der Waals surface area contributed by atoms with Crippen molar-refractivity contribution in [2.75, 3.05) is 0 Å². The van der Waals surface area contributed by atoms with Crippen molar-refractivity contribution in [1.29, 1.82) is 0 Å². The summed E-state index contributed by atoms with van der Waals surface area (Å²) in [6, 6.07) is 0. The molecule has 2 aliphatic carbocycles. The van der Waals surface area contributed by atoms with Gasteiger partial charge in [-0.3, -0.25) is 4.79 Å². The molecule has 2 saturated carbocycles. The van der Waals surface area contributed by atoms with Gasteiger partial charge >= 0.3 is 0 Å². The maximum absolute atomic E-state index is 11.3. The Morgan fingerprint density at radius 1 is 1.27 bits per heavy atom. The van der Waals surface area contributed by atoms with Crippen LogP contribution >= 0.6 is 0 Å². The van der Waals surface area contributed by atoms with E-state index in [1.54, 1.807) is 0 Å². The van der Waals surface area contributed by atoms with Gasteiger partial charge in [0.25, 0.3) is 0 Å². The lowest BCUT2D eigenvalue weighted by molar-refractivity contribution is -0.124. The van der Waals surface area contributed by atoms with E-state index >= 15 is 0 Å². The molecule has 0 spiro atoms. The molecule has 0 aromatic carbocycles. The highest BCUT2D eigenvalue weighted by Crippen LogP contribution is 2.62. The van der Waals surface area contributed by atoms with Gasteiger partial charge in [-0.2, -0.15) is 0 Å². The number of Topliss-reactive ketones (excluding diaryl/α,β-unsaturated/α-hetero) is 1. The summed E-state index contributed by atoms with van der Waals surface area (Å²) in [6.45, 7) is 6.89. The van der Waals surface area contributed by atoms with Gasteiger partial charge in [0.2, 0.25) is 0 Å². The van der Waals surface area contributed by atoms with Crippen molar-refractivity contribution in [3.8, 4) is 0 Å². The Labute approximate surface area is 68.2 Å². The van der Waals surface area contributed by atoms with E-state index in [-0.39, 0.29) is 0 Å². The van der Waals surface area contributed by atoms with Crippen LogP contribution in [-0.4, -0.2) is 5.78 Å². The van der Waals surface area contributed by atoms with Crippen LogP contribution in [0.4, 0.5) is 0 Å². The van der Waals surface area contributed by atoms with Crippen LogP contribution in [0.3, 0.4) is 0 Å². The standard InChI is InChI=1S/C10H16O/c1-9(2)4-7-5-10(9,3)6-8(7)11/h7H,4-6H2,1-3H3. The summed E-state index contributed by atoms with van der Waals surface area (Å²) in [7, 11) is 0. The van der Waals surface area contributed by atoms with Gasteiger partial charge < -0.3 is 0 Å². The van der Waals surface area contributed by atoms with Crippen molar-refractivity contribution in [3.05, 3.63) is 0 Å². The molecule has 0 amide bonds. The second kappa shape index (κ2) is 1.70. The molecule has 2 unspecified atom stereocenters. The average molecular weight is 152 g/mol. The molecule has 0 saturated heterocycles. The van der Waals surface area contributed by atoms with Crippen LogP contribution in [0.5, 0.6) is 0 Å². The minimum absolute atomic E-state index is 0.328. The van der Waals surface area contributed by atoms with Crippen molar-refractivity contribution in [2.45, 2.75) is 40.0 Å². The topological polar surface area (TPSA) is 17.1 Å². The molecule has 11 heavy (non-hydrogen) atoms. The van der Waals surface area contributed by atoms with Gasteiger partial charge in [-0.05, 0) is 23.7 Å². The Bertz CT molecular complexity index is 215. The molecule has 0 N–H and O–H groups in total. The maximum atomic E-state index is 11.3. The summed E-state index contributed by atoms with van der Waals surface area (Å²) in [6.07, 6.45) is 3.12. The molecule has 2 fully saturated rings. The molecule has 0 aromatic heterocycles. The molecule has 1 nitrogen and oxygen atoms in total. The van der Waals surface area contributed by atoms with Crippen LogP contribution in [0.1, 0.15) is 40.0 Å². The molecule has 62 valence electrons. The monoisotopic (exact) mass is 152 g/mol. The van der Waals surface area contributed by atoms with E-state index in [9.17, 15) is 4.79 Å². The Morgan fingerprint density at radius 3 is 2.18 bits per heavy atom. The molecule has 2 atom stereocenters. The van der Waals surface area contributed by atoms with E-state index in [4.69, 9.17) is 0 Å². The first-order chi connectivity index (χ1) is 4.95. The fourth-order valence-electron chi connectivity index (χ4n) is 2.82. The van der Waals surface area contributed by atoms with Gasteiger partial charge in [-0.1, -0.05) is 20.8 Å². The molecule has 1 heteroatoms. The number of ketones is 1. The van der Waals surface area contributed by atoms with Crippen molar-refractivity contribution >= 4 is 5.78 Å². The molecule has 0 radical (unpaired) electrons. The highest BCUT2D eigenvalue weighted by Gasteiger charge is 2.57. The molecule has 0 heterocycles. The smallest absolute Gasteiger partial charge is 0.136 e. The predicted molar refractivity (Wildman–Crippen MR) is 44.2 cm³/mol. The Kier molecular flexibility index (Phi) is 1.13. The van der Waals surface area contributed by atoms with E-state index in [0.29, 0.717) is 22.5 Å². The van der Waals surface area contributed by atoms with Gasteiger partial charge in [0, 0.05) is 12.3 Å². The van der Waals surface area contributed by atoms with Crippen LogP contribution in [0.25, 0.3) is 0 Å². The molecule has 0 aliphatic heterocycles. The number of hydrogen-bond donors (Lipinski definition) is 0. The van der Waals surface area contributed by atoms with Gasteiger partial charge in [0.15, 0.2) is 0 Å². The van der Waals surface area contributed by atoms with Crippen LogP contribution in [0.2, 0.25) is 0 Å². The second-order valence-electron chi connectivity index (χ2n) is 5.19. The highest BCUT2D eigenvalue weighted by molar-refractivity contribution is 5.85. The summed E-state index contributed by atoms with van der Waals surface area (Å²) in [4.78, 5) is 11.3. The first kappa shape index (κ1) is 7.33. The predicted octanol–water partition coefficient (Wildman–Crippen LogP) is 2.40. The first-order valence-corrected chi connectivity index (χ1v) is 4.47. The molecule has 2 aliphatic rings. The Morgan fingerprint density at radius 2 is 1.91 bits per heavy atom. The van der Waals surface area contributed by atoms with Crippen LogP contribution in [0.15, 0.2) is 0 Å². The van der Waals surface area contributed by atoms with Crippen LogP contribution in [0, 0.1) is 16.7 Å². The summed E-state index contributed by atoms with van der Waals surface area (Å²) in [5.41, 5.74) is 0.736. The number of carbonyl (C=O) groups is 1.